The van der Waals surface area contributed by atoms with Gasteiger partial charge in [0.25, 0.3) is 5.91 Å². The highest BCUT2D eigenvalue weighted by molar-refractivity contribution is 6.32. The van der Waals surface area contributed by atoms with Crippen LogP contribution in [0.25, 0.3) is 0 Å². The number of hydrogen-bond donors (Lipinski definition) is 2. The third kappa shape index (κ3) is 2.49. The summed E-state index contributed by atoms with van der Waals surface area (Å²) in [6, 6.07) is 6.11. The van der Waals surface area contributed by atoms with Gasteiger partial charge in [0.15, 0.2) is 0 Å². The fourth-order valence-electron chi connectivity index (χ4n) is 1.60. The van der Waals surface area contributed by atoms with Crippen molar-refractivity contribution >= 4 is 23.2 Å². The van der Waals surface area contributed by atoms with E-state index in [0.29, 0.717) is 23.4 Å². The van der Waals surface area contributed by atoms with Gasteiger partial charge in [-0.05, 0) is 24.3 Å². The maximum Gasteiger partial charge on any atom is 0.259 e. The van der Waals surface area contributed by atoms with E-state index in [9.17, 15) is 9.90 Å². The number of anilines is 1. The molecule has 0 saturated heterocycles. The maximum atomic E-state index is 12.0. The summed E-state index contributed by atoms with van der Waals surface area (Å²) in [7, 11) is 0. The van der Waals surface area contributed by atoms with Crippen molar-refractivity contribution in [3.05, 3.63) is 46.9 Å². The first kappa shape index (κ1) is 12.5. The molecule has 2 aromatic rings. The van der Waals surface area contributed by atoms with E-state index in [1.54, 1.807) is 12.1 Å². The van der Waals surface area contributed by atoms with Crippen molar-refractivity contribution in [2.45, 2.75) is 13.3 Å². The minimum atomic E-state index is -0.262. The molecule has 0 aliphatic carbocycles. The van der Waals surface area contributed by atoms with Crippen LogP contribution in [0.2, 0.25) is 5.02 Å². The molecule has 1 aromatic heterocycles. The summed E-state index contributed by atoms with van der Waals surface area (Å²) in [5.74, 6) is 0.354. The predicted octanol–water partition coefficient (Wildman–Crippen LogP) is 3.45. The number of benzene rings is 1. The molecule has 94 valence electrons. The summed E-state index contributed by atoms with van der Waals surface area (Å²) in [4.78, 5) is 12.0. The van der Waals surface area contributed by atoms with Crippen LogP contribution in [-0.4, -0.2) is 11.0 Å². The quantitative estimate of drug-likeness (QED) is 0.836. The zero-order valence-corrected chi connectivity index (χ0v) is 10.5. The highest BCUT2D eigenvalue weighted by Crippen LogP contribution is 2.26. The van der Waals surface area contributed by atoms with Gasteiger partial charge in [-0.25, -0.2) is 0 Å². The van der Waals surface area contributed by atoms with Gasteiger partial charge in [0, 0.05) is 12.1 Å². The molecule has 0 saturated carbocycles. The Hall–Kier alpha value is -1.94. The molecular formula is C13H12ClNO3. The number of phenols is 1. The molecule has 2 rings (SSSR count). The van der Waals surface area contributed by atoms with Gasteiger partial charge < -0.3 is 14.8 Å². The van der Waals surface area contributed by atoms with E-state index in [1.165, 1.54) is 18.4 Å². The standard InChI is InChI=1S/C13H12ClNO3/c1-2-12-9(5-6-18-12)13(17)15-8-3-4-11(16)10(14)7-8/h3-7,16H,2H2,1H3,(H,15,17). The summed E-state index contributed by atoms with van der Waals surface area (Å²) in [6.07, 6.45) is 2.13. The number of aryl methyl sites for hydroxylation is 1. The molecule has 1 amide bonds. The van der Waals surface area contributed by atoms with E-state index in [-0.39, 0.29) is 16.7 Å². The number of phenolic OH excluding ortho intramolecular Hbond substituents is 1. The fourth-order valence-corrected chi connectivity index (χ4v) is 1.78. The molecule has 0 aliphatic rings. The van der Waals surface area contributed by atoms with E-state index in [2.05, 4.69) is 5.32 Å². The molecule has 18 heavy (non-hydrogen) atoms. The number of aromatic hydroxyl groups is 1. The average Bonchev–Trinajstić information content (AvgIpc) is 2.82. The number of amides is 1. The second kappa shape index (κ2) is 5.14. The van der Waals surface area contributed by atoms with Crippen LogP contribution < -0.4 is 5.32 Å². The number of halogens is 1. The van der Waals surface area contributed by atoms with Crippen molar-refractivity contribution < 1.29 is 14.3 Å². The lowest BCUT2D eigenvalue weighted by molar-refractivity contribution is 0.102. The monoisotopic (exact) mass is 265 g/mol. The van der Waals surface area contributed by atoms with Crippen LogP contribution in [0.3, 0.4) is 0 Å². The van der Waals surface area contributed by atoms with Crippen molar-refractivity contribution in [3.8, 4) is 5.75 Å². The first-order chi connectivity index (χ1) is 8.61. The Morgan fingerprint density at radius 2 is 2.22 bits per heavy atom. The summed E-state index contributed by atoms with van der Waals surface area (Å²) < 4.78 is 5.19. The molecule has 1 heterocycles. The lowest BCUT2D eigenvalue weighted by Crippen LogP contribution is -2.12. The van der Waals surface area contributed by atoms with Gasteiger partial charge in [0.2, 0.25) is 0 Å². The number of furan rings is 1. The van der Waals surface area contributed by atoms with Crippen LogP contribution >= 0.6 is 11.6 Å². The van der Waals surface area contributed by atoms with Crippen LogP contribution in [0, 0.1) is 0 Å². The maximum absolute atomic E-state index is 12.0. The number of carbonyl (C=O) groups is 1. The summed E-state index contributed by atoms with van der Waals surface area (Å²) in [5.41, 5.74) is 1.02. The highest BCUT2D eigenvalue weighted by Gasteiger charge is 2.13. The summed E-state index contributed by atoms with van der Waals surface area (Å²) in [5, 5.41) is 12.2. The largest absolute Gasteiger partial charge is 0.506 e. The Morgan fingerprint density at radius 3 is 2.89 bits per heavy atom. The molecule has 4 nitrogen and oxygen atoms in total. The van der Waals surface area contributed by atoms with Crippen LogP contribution in [0.1, 0.15) is 23.0 Å². The molecule has 0 aliphatic heterocycles. The zero-order valence-electron chi connectivity index (χ0n) is 9.74. The van der Waals surface area contributed by atoms with Crippen molar-refractivity contribution in [3.63, 3.8) is 0 Å². The smallest absolute Gasteiger partial charge is 0.259 e. The number of carbonyl (C=O) groups excluding carboxylic acids is 1. The zero-order chi connectivity index (χ0) is 13.1. The van der Waals surface area contributed by atoms with Crippen LogP contribution in [0.4, 0.5) is 5.69 Å². The van der Waals surface area contributed by atoms with Crippen molar-refractivity contribution in [1.82, 2.24) is 0 Å². The first-order valence-electron chi connectivity index (χ1n) is 5.48. The molecule has 0 radical (unpaired) electrons. The van der Waals surface area contributed by atoms with Gasteiger partial charge in [0.1, 0.15) is 11.5 Å². The van der Waals surface area contributed by atoms with Crippen molar-refractivity contribution in [2.75, 3.05) is 5.32 Å². The molecule has 2 N–H and O–H groups in total. The van der Waals surface area contributed by atoms with Crippen molar-refractivity contribution in [2.24, 2.45) is 0 Å². The average molecular weight is 266 g/mol. The molecule has 0 fully saturated rings. The molecule has 5 heteroatoms. The van der Waals surface area contributed by atoms with Crippen molar-refractivity contribution in [1.29, 1.82) is 0 Å². The normalized spacial score (nSPS) is 10.3. The van der Waals surface area contributed by atoms with E-state index in [1.807, 2.05) is 6.92 Å². The van der Waals surface area contributed by atoms with E-state index in [4.69, 9.17) is 16.0 Å². The second-order valence-electron chi connectivity index (χ2n) is 3.73. The van der Waals surface area contributed by atoms with Gasteiger partial charge in [-0.15, -0.1) is 0 Å². The molecular weight excluding hydrogens is 254 g/mol. The van der Waals surface area contributed by atoms with Gasteiger partial charge in [-0.2, -0.15) is 0 Å². The van der Waals surface area contributed by atoms with E-state index >= 15 is 0 Å². The number of nitrogens with one attached hydrogen (secondary N) is 1. The summed E-state index contributed by atoms with van der Waals surface area (Å²) >= 11 is 5.76. The van der Waals surface area contributed by atoms with Gasteiger partial charge >= 0.3 is 0 Å². The summed E-state index contributed by atoms with van der Waals surface area (Å²) in [6.45, 7) is 1.91. The minimum absolute atomic E-state index is 0.0211. The Kier molecular flexibility index (Phi) is 3.58. The number of hydrogen-bond acceptors (Lipinski definition) is 3. The van der Waals surface area contributed by atoms with Crippen LogP contribution in [0.5, 0.6) is 5.75 Å². The number of rotatable bonds is 3. The molecule has 0 bridgehead atoms. The molecule has 0 spiro atoms. The SMILES string of the molecule is CCc1occc1C(=O)Nc1ccc(O)c(Cl)c1. The van der Waals surface area contributed by atoms with E-state index in [0.717, 1.165) is 0 Å². The molecule has 0 unspecified atom stereocenters. The Labute approximate surface area is 109 Å². The minimum Gasteiger partial charge on any atom is -0.506 e. The third-order valence-corrected chi connectivity index (χ3v) is 2.82. The molecule has 1 aromatic carbocycles. The second-order valence-corrected chi connectivity index (χ2v) is 4.14. The van der Waals surface area contributed by atoms with E-state index < -0.39 is 0 Å². The highest BCUT2D eigenvalue weighted by atomic mass is 35.5. The Bertz CT molecular complexity index is 577. The lowest BCUT2D eigenvalue weighted by Gasteiger charge is -2.06. The molecule has 0 atom stereocenters. The Morgan fingerprint density at radius 1 is 1.44 bits per heavy atom. The van der Waals surface area contributed by atoms with Crippen LogP contribution in [-0.2, 0) is 6.42 Å². The van der Waals surface area contributed by atoms with Gasteiger partial charge in [-0.1, -0.05) is 18.5 Å². The lowest BCUT2D eigenvalue weighted by atomic mass is 10.2. The van der Waals surface area contributed by atoms with Gasteiger partial charge in [0.05, 0.1) is 16.8 Å². The first-order valence-corrected chi connectivity index (χ1v) is 5.86. The van der Waals surface area contributed by atoms with Crippen LogP contribution in [0.15, 0.2) is 34.9 Å². The Balaban J connectivity index is 2.19. The van der Waals surface area contributed by atoms with Gasteiger partial charge in [-0.3, -0.25) is 4.79 Å². The third-order valence-electron chi connectivity index (χ3n) is 2.52. The topological polar surface area (TPSA) is 62.5 Å². The fraction of sp³-hybridized carbons (Fsp3) is 0.154. The predicted molar refractivity (Wildman–Crippen MR) is 69.2 cm³/mol.